The lowest BCUT2D eigenvalue weighted by Gasteiger charge is -2.30. The van der Waals surface area contributed by atoms with Crippen molar-refractivity contribution in [3.8, 4) is 22.9 Å². The van der Waals surface area contributed by atoms with Crippen molar-refractivity contribution in [2.45, 2.75) is 32.4 Å². The van der Waals surface area contributed by atoms with Gasteiger partial charge in [0.15, 0.2) is 0 Å². The highest BCUT2D eigenvalue weighted by atomic mass is 16.5. The number of nitrogens with zero attached hydrogens (tertiary/aromatic N) is 3. The predicted octanol–water partition coefficient (Wildman–Crippen LogP) is 3.54. The van der Waals surface area contributed by atoms with Crippen LogP contribution < -0.4 is 14.8 Å². The molecule has 4 rings (SSSR count). The Morgan fingerprint density at radius 3 is 2.55 bits per heavy atom. The minimum absolute atomic E-state index is 0.0120. The van der Waals surface area contributed by atoms with Crippen LogP contribution in [0.3, 0.4) is 0 Å². The number of aromatic nitrogens is 2. The summed E-state index contributed by atoms with van der Waals surface area (Å²) in [6.45, 7) is 4.62. The highest BCUT2D eigenvalue weighted by Crippen LogP contribution is 2.22. The summed E-state index contributed by atoms with van der Waals surface area (Å²) in [7, 11) is 1.63. The molecular formula is C25H30N4O4. The van der Waals surface area contributed by atoms with E-state index in [4.69, 9.17) is 14.0 Å². The SMILES string of the molecule is COc1ccc(-c2noc(CN3CCC(C(=O)NC(C)COc4ccccc4)CC3)n2)cc1. The number of para-hydroxylation sites is 1. The molecule has 1 aliphatic rings. The number of nitrogens with one attached hydrogen (secondary N) is 1. The van der Waals surface area contributed by atoms with Gasteiger partial charge >= 0.3 is 0 Å². The smallest absolute Gasteiger partial charge is 0.241 e. The number of carbonyl (C=O) groups excluding carboxylic acids is 1. The quantitative estimate of drug-likeness (QED) is 0.533. The molecule has 33 heavy (non-hydrogen) atoms. The standard InChI is InChI=1S/C25H30N4O4/c1-18(17-32-22-6-4-3-5-7-22)26-25(30)20-12-14-29(15-13-20)16-23-27-24(28-33-23)19-8-10-21(31-2)11-9-19/h3-11,18,20H,12-17H2,1-2H3,(H,26,30). The lowest BCUT2D eigenvalue weighted by atomic mass is 9.95. The first-order valence-corrected chi connectivity index (χ1v) is 11.3. The fourth-order valence-corrected chi connectivity index (χ4v) is 3.86. The Labute approximate surface area is 193 Å². The second-order valence-electron chi connectivity index (χ2n) is 8.32. The molecule has 0 spiro atoms. The van der Waals surface area contributed by atoms with E-state index in [0.29, 0.717) is 24.9 Å². The highest BCUT2D eigenvalue weighted by Gasteiger charge is 2.26. The van der Waals surface area contributed by atoms with Crippen molar-refractivity contribution in [1.29, 1.82) is 0 Å². The van der Waals surface area contributed by atoms with Crippen molar-refractivity contribution in [3.63, 3.8) is 0 Å². The van der Waals surface area contributed by atoms with E-state index < -0.39 is 0 Å². The van der Waals surface area contributed by atoms with Gasteiger partial charge in [-0.3, -0.25) is 9.69 Å². The largest absolute Gasteiger partial charge is 0.497 e. The molecule has 1 N–H and O–H groups in total. The van der Waals surface area contributed by atoms with E-state index in [9.17, 15) is 4.79 Å². The third-order valence-electron chi connectivity index (χ3n) is 5.77. The van der Waals surface area contributed by atoms with Gasteiger partial charge in [-0.25, -0.2) is 0 Å². The Hall–Kier alpha value is -3.39. The average Bonchev–Trinajstić information content (AvgIpc) is 3.32. The summed E-state index contributed by atoms with van der Waals surface area (Å²) in [6, 6.07) is 17.1. The number of piperidine rings is 1. The molecule has 0 bridgehead atoms. The number of benzene rings is 2. The summed E-state index contributed by atoms with van der Waals surface area (Å²) in [5, 5.41) is 7.17. The van der Waals surface area contributed by atoms with Crippen molar-refractivity contribution in [3.05, 3.63) is 60.5 Å². The van der Waals surface area contributed by atoms with Gasteiger partial charge in [0.1, 0.15) is 18.1 Å². The summed E-state index contributed by atoms with van der Waals surface area (Å²) in [6.07, 6.45) is 1.61. The maximum atomic E-state index is 12.7. The van der Waals surface area contributed by atoms with Gasteiger partial charge in [-0.1, -0.05) is 23.4 Å². The maximum Gasteiger partial charge on any atom is 0.241 e. The van der Waals surface area contributed by atoms with Crippen LogP contribution >= 0.6 is 0 Å². The van der Waals surface area contributed by atoms with E-state index in [1.165, 1.54) is 0 Å². The molecule has 1 saturated heterocycles. The molecule has 8 heteroatoms. The molecule has 1 fully saturated rings. The van der Waals surface area contributed by atoms with Gasteiger partial charge in [-0.2, -0.15) is 4.98 Å². The first-order chi connectivity index (χ1) is 16.1. The fraction of sp³-hybridized carbons (Fsp3) is 0.400. The molecule has 1 unspecified atom stereocenters. The summed E-state index contributed by atoms with van der Waals surface area (Å²) in [4.78, 5) is 19.4. The van der Waals surface area contributed by atoms with E-state index in [1.54, 1.807) is 7.11 Å². The van der Waals surface area contributed by atoms with E-state index in [1.807, 2.05) is 61.5 Å². The normalized spacial score (nSPS) is 15.7. The molecule has 2 aromatic carbocycles. The van der Waals surface area contributed by atoms with Crippen LogP contribution in [0.1, 0.15) is 25.7 Å². The predicted molar refractivity (Wildman–Crippen MR) is 124 cm³/mol. The van der Waals surface area contributed by atoms with Gasteiger partial charge in [-0.15, -0.1) is 0 Å². The molecule has 0 aliphatic carbocycles. The van der Waals surface area contributed by atoms with Crippen LogP contribution in [-0.2, 0) is 11.3 Å². The third-order valence-corrected chi connectivity index (χ3v) is 5.77. The van der Waals surface area contributed by atoms with E-state index in [2.05, 4.69) is 20.4 Å². The molecule has 3 aromatic rings. The summed E-state index contributed by atoms with van der Waals surface area (Å²) < 4.78 is 16.4. The number of likely N-dealkylation sites (tertiary alicyclic amines) is 1. The van der Waals surface area contributed by atoms with E-state index in [-0.39, 0.29) is 17.9 Å². The Morgan fingerprint density at radius 2 is 1.85 bits per heavy atom. The van der Waals surface area contributed by atoms with Crippen molar-refractivity contribution in [2.75, 3.05) is 26.8 Å². The zero-order chi connectivity index (χ0) is 23.0. The van der Waals surface area contributed by atoms with Gasteiger partial charge < -0.3 is 19.3 Å². The monoisotopic (exact) mass is 450 g/mol. The number of amides is 1. The van der Waals surface area contributed by atoms with Crippen LogP contribution in [0.15, 0.2) is 59.1 Å². The highest BCUT2D eigenvalue weighted by molar-refractivity contribution is 5.79. The molecule has 1 aliphatic heterocycles. The third kappa shape index (κ3) is 6.32. The van der Waals surface area contributed by atoms with E-state index in [0.717, 1.165) is 43.0 Å². The molecular weight excluding hydrogens is 420 g/mol. The lowest BCUT2D eigenvalue weighted by molar-refractivity contribution is -0.127. The van der Waals surface area contributed by atoms with Crippen LogP contribution in [0, 0.1) is 5.92 Å². The number of carbonyl (C=O) groups is 1. The molecule has 174 valence electrons. The maximum absolute atomic E-state index is 12.7. The average molecular weight is 451 g/mol. The first kappa shape index (κ1) is 22.8. The lowest BCUT2D eigenvalue weighted by Crippen LogP contribution is -2.44. The van der Waals surface area contributed by atoms with Crippen molar-refractivity contribution in [1.82, 2.24) is 20.4 Å². The van der Waals surface area contributed by atoms with Gasteiger partial charge in [0.25, 0.3) is 0 Å². The van der Waals surface area contributed by atoms with Gasteiger partial charge in [0, 0.05) is 11.5 Å². The zero-order valence-electron chi connectivity index (χ0n) is 19.1. The Kier molecular flexibility index (Phi) is 7.57. The van der Waals surface area contributed by atoms with Gasteiger partial charge in [0.05, 0.1) is 19.7 Å². The summed E-state index contributed by atoms with van der Waals surface area (Å²) >= 11 is 0. The number of methoxy groups -OCH3 is 1. The van der Waals surface area contributed by atoms with Crippen molar-refractivity contribution in [2.24, 2.45) is 5.92 Å². The Morgan fingerprint density at radius 1 is 1.12 bits per heavy atom. The van der Waals surface area contributed by atoms with E-state index >= 15 is 0 Å². The molecule has 0 radical (unpaired) electrons. The number of ether oxygens (including phenoxy) is 2. The Balaban J connectivity index is 1.20. The summed E-state index contributed by atoms with van der Waals surface area (Å²) in [5.74, 6) is 2.84. The minimum atomic E-state index is -0.0505. The number of rotatable bonds is 9. The number of hydrogen-bond donors (Lipinski definition) is 1. The zero-order valence-corrected chi connectivity index (χ0v) is 19.1. The second-order valence-corrected chi connectivity index (χ2v) is 8.32. The fourth-order valence-electron chi connectivity index (χ4n) is 3.86. The minimum Gasteiger partial charge on any atom is -0.497 e. The second kappa shape index (κ2) is 11.0. The van der Waals surface area contributed by atoms with Crippen molar-refractivity contribution < 1.29 is 18.8 Å². The van der Waals surface area contributed by atoms with Crippen molar-refractivity contribution >= 4 is 5.91 Å². The molecule has 0 saturated carbocycles. The topological polar surface area (TPSA) is 89.7 Å². The van der Waals surface area contributed by atoms with Crippen LogP contribution in [-0.4, -0.2) is 53.8 Å². The van der Waals surface area contributed by atoms with Crippen LogP contribution in [0.2, 0.25) is 0 Å². The van der Waals surface area contributed by atoms with Crippen LogP contribution in [0.4, 0.5) is 0 Å². The van der Waals surface area contributed by atoms with Gasteiger partial charge in [-0.05, 0) is 69.3 Å². The molecule has 1 atom stereocenters. The first-order valence-electron chi connectivity index (χ1n) is 11.3. The molecule has 1 amide bonds. The Bertz CT molecular complexity index is 1010. The molecule has 1 aromatic heterocycles. The van der Waals surface area contributed by atoms with Gasteiger partial charge in [0.2, 0.25) is 17.6 Å². The molecule has 2 heterocycles. The molecule has 8 nitrogen and oxygen atoms in total. The summed E-state index contributed by atoms with van der Waals surface area (Å²) in [5.41, 5.74) is 0.881. The van der Waals surface area contributed by atoms with Crippen LogP contribution in [0.5, 0.6) is 11.5 Å². The van der Waals surface area contributed by atoms with Crippen LogP contribution in [0.25, 0.3) is 11.4 Å². The number of hydrogen-bond acceptors (Lipinski definition) is 7.